The fourth-order valence-corrected chi connectivity index (χ4v) is 16.8. The predicted octanol–water partition coefficient (Wildman–Crippen LogP) is 7.48. The molecule has 1 heterocycles. The second-order valence-electron chi connectivity index (χ2n) is 14.3. The average molecular weight is 752 g/mol. The summed E-state index contributed by atoms with van der Waals surface area (Å²) in [7, 11) is -4.41. The first-order valence-corrected chi connectivity index (χ1v) is 23.2. The Morgan fingerprint density at radius 3 is 1.36 bits per heavy atom. The molecule has 56 heavy (non-hydrogen) atoms. The molecule has 9 rings (SSSR count). The molecule has 0 N–H and O–H groups in total. The van der Waals surface area contributed by atoms with Crippen molar-refractivity contribution in [2.75, 3.05) is 0 Å². The smallest absolute Gasteiger partial charge is 0.164 e. The van der Waals surface area contributed by atoms with E-state index in [1.807, 2.05) is 18.2 Å². The van der Waals surface area contributed by atoms with E-state index in [2.05, 4.69) is 206 Å². The first-order valence-electron chi connectivity index (χ1n) is 19.3. The first-order chi connectivity index (χ1) is 27.8. The molecule has 1 atom stereocenters. The van der Waals surface area contributed by atoms with Gasteiger partial charge in [-0.1, -0.05) is 240 Å². The molecule has 0 saturated carbocycles. The Morgan fingerprint density at radius 1 is 0.393 bits per heavy atom. The normalized spacial score (nSPS) is 13.8. The lowest BCUT2D eigenvalue weighted by Crippen LogP contribution is -2.69. The van der Waals surface area contributed by atoms with Crippen LogP contribution in [0.5, 0.6) is 0 Å². The Kier molecular flexibility index (Phi) is 10.1. The highest BCUT2D eigenvalue weighted by atomic mass is 28.3. The van der Waals surface area contributed by atoms with Gasteiger partial charge in [0.2, 0.25) is 0 Å². The van der Waals surface area contributed by atoms with Crippen LogP contribution in [0.4, 0.5) is 0 Å². The lowest BCUT2D eigenvalue weighted by Gasteiger charge is -2.40. The van der Waals surface area contributed by atoms with Gasteiger partial charge >= 0.3 is 0 Å². The van der Waals surface area contributed by atoms with Crippen LogP contribution in [-0.2, 0) is 0 Å². The van der Waals surface area contributed by atoms with Gasteiger partial charge in [-0.05, 0) is 27.5 Å². The zero-order chi connectivity index (χ0) is 37.6. The minimum atomic E-state index is -2.63. The summed E-state index contributed by atoms with van der Waals surface area (Å²) < 4.78 is 0. The van der Waals surface area contributed by atoms with E-state index in [1.165, 1.54) is 31.1 Å². The van der Waals surface area contributed by atoms with Crippen LogP contribution < -0.4 is 31.1 Å². The average Bonchev–Trinajstić information content (AvgIpc) is 3.29. The highest BCUT2D eigenvalue weighted by molar-refractivity contribution is 7.12. The summed E-state index contributed by atoms with van der Waals surface area (Å²) in [6.45, 7) is 0. The number of nitrogens with zero attached hydrogens (tertiary/aromatic N) is 3. The summed E-state index contributed by atoms with van der Waals surface area (Å²) in [6.07, 6.45) is 10.1. The number of allylic oxidation sites excluding steroid dienone is 4. The fourth-order valence-electron chi connectivity index (χ4n) is 8.43. The minimum Gasteiger partial charge on any atom is -0.208 e. The van der Waals surface area contributed by atoms with E-state index in [4.69, 9.17) is 15.0 Å². The van der Waals surface area contributed by atoms with E-state index in [9.17, 15) is 0 Å². The Labute approximate surface area is 332 Å². The maximum absolute atomic E-state index is 5.31. The van der Waals surface area contributed by atoms with Crippen LogP contribution in [-0.4, -0.2) is 31.8 Å². The van der Waals surface area contributed by atoms with Crippen molar-refractivity contribution in [1.82, 2.24) is 15.0 Å². The summed E-state index contributed by atoms with van der Waals surface area (Å²) >= 11 is 0. The van der Waals surface area contributed by atoms with Gasteiger partial charge in [-0.2, -0.15) is 0 Å². The summed E-state index contributed by atoms with van der Waals surface area (Å²) in [4.78, 5) is 15.7. The molecule has 0 radical (unpaired) electrons. The van der Waals surface area contributed by atoms with Crippen molar-refractivity contribution in [1.29, 1.82) is 0 Å². The predicted molar refractivity (Wildman–Crippen MR) is 239 cm³/mol. The molecular weight excluding hydrogens is 711 g/mol. The third-order valence-corrected chi connectivity index (χ3v) is 19.4. The zero-order valence-electron chi connectivity index (χ0n) is 31.1. The molecule has 3 nitrogen and oxygen atoms in total. The van der Waals surface area contributed by atoms with Gasteiger partial charge < -0.3 is 0 Å². The highest BCUT2D eigenvalue weighted by Crippen LogP contribution is 2.32. The van der Waals surface area contributed by atoms with Gasteiger partial charge in [-0.3, -0.25) is 0 Å². The van der Waals surface area contributed by atoms with E-state index < -0.39 is 16.9 Å². The van der Waals surface area contributed by atoms with E-state index in [0.29, 0.717) is 23.0 Å². The van der Waals surface area contributed by atoms with Gasteiger partial charge in [0.15, 0.2) is 25.5 Å². The van der Waals surface area contributed by atoms with Gasteiger partial charge in [-0.15, -0.1) is 0 Å². The van der Waals surface area contributed by atoms with Crippen LogP contribution >= 0.6 is 0 Å². The van der Waals surface area contributed by atoms with Crippen LogP contribution in [0.3, 0.4) is 0 Å². The van der Waals surface area contributed by atoms with Gasteiger partial charge in [0.1, 0.15) is 8.80 Å². The van der Waals surface area contributed by atoms with Crippen molar-refractivity contribution >= 4 is 48.0 Å². The molecule has 8 aromatic rings. The van der Waals surface area contributed by atoms with Crippen molar-refractivity contribution in [3.05, 3.63) is 224 Å². The molecule has 1 aliphatic rings. The van der Waals surface area contributed by atoms with Crippen LogP contribution in [0, 0.1) is 0 Å². The van der Waals surface area contributed by atoms with Crippen LogP contribution in [0.15, 0.2) is 224 Å². The van der Waals surface area contributed by atoms with E-state index >= 15 is 0 Å². The second-order valence-corrected chi connectivity index (χ2v) is 21.3. The summed E-state index contributed by atoms with van der Waals surface area (Å²) in [5.74, 6) is 2.00. The molecular formula is C51H41N3Si2. The number of aromatic nitrogens is 3. The quantitative estimate of drug-likeness (QED) is 0.108. The fraction of sp³-hybridized carbons (Fsp3) is 0.0392. The second kappa shape index (κ2) is 16.1. The highest BCUT2D eigenvalue weighted by Gasteiger charge is 2.45. The Morgan fingerprint density at radius 2 is 0.821 bits per heavy atom. The van der Waals surface area contributed by atoms with Gasteiger partial charge in [0.25, 0.3) is 0 Å². The number of rotatable bonds is 10. The van der Waals surface area contributed by atoms with Gasteiger partial charge in [-0.25, -0.2) is 15.0 Å². The molecule has 0 spiro atoms. The number of benzene rings is 7. The van der Waals surface area contributed by atoms with Crippen molar-refractivity contribution in [2.45, 2.75) is 12.0 Å². The minimum absolute atomic E-state index is 0.329. The SMILES string of the molecule is C1=CCC([Si](c2ccccc2)(c2ccccc2)c2cccc(-c3nc(-c4ccccc4)nc(-c4cccc([SiH](c5ccccc5)c5ccccc5)c4)n3)c2)C=C1. The zero-order valence-corrected chi connectivity index (χ0v) is 33.2. The molecule has 0 saturated heterocycles. The molecule has 0 bridgehead atoms. The van der Waals surface area contributed by atoms with Crippen LogP contribution in [0.25, 0.3) is 34.2 Å². The molecule has 0 fully saturated rings. The van der Waals surface area contributed by atoms with Gasteiger partial charge in [0.05, 0.1) is 0 Å². The maximum atomic E-state index is 5.31. The Balaban J connectivity index is 1.22. The van der Waals surface area contributed by atoms with E-state index in [1.54, 1.807) is 0 Å². The molecule has 0 amide bonds. The largest absolute Gasteiger partial charge is 0.208 e. The molecule has 0 aliphatic heterocycles. The first kappa shape index (κ1) is 35.2. The molecule has 268 valence electrons. The van der Waals surface area contributed by atoms with Crippen molar-refractivity contribution < 1.29 is 0 Å². The molecule has 1 unspecified atom stereocenters. The van der Waals surface area contributed by atoms with Gasteiger partial charge in [0, 0.05) is 16.7 Å². The standard InChI is InChI=1S/C51H41N3Si2/c1-7-21-39(22-8-1)49-52-50(40-23-19-29-44(37-40)55(42-25-9-2-10-26-42)43-27-11-3-12-28-43)54-51(53-49)41-24-20-36-48(38-41)56(45-30-13-4-14-31-45,46-32-15-5-16-33-46)47-34-17-6-18-35-47/h1-34,36-38,47,55H,35H2. The third kappa shape index (κ3) is 6.95. The summed E-state index contributed by atoms with van der Waals surface area (Å²) in [6, 6.07) is 72.4. The summed E-state index contributed by atoms with van der Waals surface area (Å²) in [5, 5.41) is 8.19. The topological polar surface area (TPSA) is 38.7 Å². The van der Waals surface area contributed by atoms with Crippen molar-refractivity contribution in [3.63, 3.8) is 0 Å². The molecule has 1 aliphatic carbocycles. The van der Waals surface area contributed by atoms with Crippen molar-refractivity contribution in [2.24, 2.45) is 0 Å². The number of hydrogen-bond donors (Lipinski definition) is 0. The van der Waals surface area contributed by atoms with E-state index in [-0.39, 0.29) is 0 Å². The number of hydrogen-bond acceptors (Lipinski definition) is 3. The molecule has 5 heteroatoms. The Bertz CT molecular complexity index is 2530. The van der Waals surface area contributed by atoms with Crippen LogP contribution in [0.2, 0.25) is 5.54 Å². The van der Waals surface area contributed by atoms with Crippen molar-refractivity contribution in [3.8, 4) is 34.2 Å². The third-order valence-electron chi connectivity index (χ3n) is 11.0. The Hall–Kier alpha value is -6.54. The van der Waals surface area contributed by atoms with Crippen LogP contribution in [0.1, 0.15) is 6.42 Å². The maximum Gasteiger partial charge on any atom is 0.164 e. The lowest BCUT2D eigenvalue weighted by atomic mass is 10.1. The molecule has 1 aromatic heterocycles. The van der Waals surface area contributed by atoms with E-state index in [0.717, 1.165) is 23.1 Å². The monoisotopic (exact) mass is 751 g/mol. The molecule has 7 aromatic carbocycles. The lowest BCUT2D eigenvalue weighted by molar-refractivity contribution is 0.997. The summed E-state index contributed by atoms with van der Waals surface area (Å²) in [5.41, 5.74) is 3.26.